The molecule has 4 heteroatoms. The van der Waals surface area contributed by atoms with Gasteiger partial charge >= 0.3 is 0 Å². The van der Waals surface area contributed by atoms with Gasteiger partial charge in [0.15, 0.2) is 0 Å². The molecular formula is C18H27NO2S. The fourth-order valence-corrected chi connectivity index (χ4v) is 2.73. The van der Waals surface area contributed by atoms with Crippen LogP contribution in [0.25, 0.3) is 6.08 Å². The number of rotatable bonds is 10. The molecule has 0 saturated carbocycles. The Labute approximate surface area is 137 Å². The molecule has 0 aliphatic carbocycles. The first-order valence-electron chi connectivity index (χ1n) is 7.99. The van der Waals surface area contributed by atoms with Gasteiger partial charge in [-0.25, -0.2) is 4.98 Å². The lowest BCUT2D eigenvalue weighted by molar-refractivity contribution is -0.122. The summed E-state index contributed by atoms with van der Waals surface area (Å²) < 4.78 is 0. The molecule has 0 saturated heterocycles. The van der Waals surface area contributed by atoms with E-state index in [9.17, 15) is 9.90 Å². The summed E-state index contributed by atoms with van der Waals surface area (Å²) in [5.41, 5.74) is 0.903. The highest BCUT2D eigenvalue weighted by atomic mass is 32.1. The molecule has 2 atom stereocenters. The third kappa shape index (κ3) is 7.66. The van der Waals surface area contributed by atoms with E-state index in [0.29, 0.717) is 18.6 Å². The van der Waals surface area contributed by atoms with E-state index in [2.05, 4.69) is 11.1 Å². The summed E-state index contributed by atoms with van der Waals surface area (Å²) in [5, 5.41) is 12.9. The predicted octanol–water partition coefficient (Wildman–Crippen LogP) is 4.56. The Morgan fingerprint density at radius 3 is 2.86 bits per heavy atom. The Kier molecular flexibility index (Phi) is 8.94. The van der Waals surface area contributed by atoms with Crippen molar-refractivity contribution in [1.29, 1.82) is 0 Å². The van der Waals surface area contributed by atoms with Crippen molar-refractivity contribution in [2.45, 2.75) is 59.0 Å². The molecular weight excluding hydrogens is 294 g/mol. The lowest BCUT2D eigenvalue weighted by Gasteiger charge is -2.07. The van der Waals surface area contributed by atoms with E-state index in [0.717, 1.165) is 30.0 Å². The maximum Gasteiger partial charge on any atom is 0.135 e. The number of nitrogens with zero attached hydrogens (tertiary/aromatic N) is 1. The predicted molar refractivity (Wildman–Crippen MR) is 94.0 cm³/mol. The summed E-state index contributed by atoms with van der Waals surface area (Å²) in [7, 11) is 0. The van der Waals surface area contributed by atoms with Gasteiger partial charge < -0.3 is 5.11 Å². The molecule has 0 spiro atoms. The van der Waals surface area contributed by atoms with Crippen molar-refractivity contribution >= 4 is 23.2 Å². The van der Waals surface area contributed by atoms with Gasteiger partial charge in [0, 0.05) is 17.7 Å². The normalized spacial score (nSPS) is 14.7. The van der Waals surface area contributed by atoms with E-state index in [1.165, 1.54) is 0 Å². The molecule has 0 fully saturated rings. The van der Waals surface area contributed by atoms with Crippen LogP contribution in [0, 0.1) is 12.8 Å². The van der Waals surface area contributed by atoms with Gasteiger partial charge in [0.2, 0.25) is 0 Å². The third-order valence-corrected chi connectivity index (χ3v) is 4.37. The number of aryl methyl sites for hydroxylation is 1. The molecule has 0 aliphatic heterocycles. The van der Waals surface area contributed by atoms with Crippen molar-refractivity contribution in [1.82, 2.24) is 4.98 Å². The van der Waals surface area contributed by atoms with Crippen LogP contribution < -0.4 is 0 Å². The SMILES string of the molecule is CCC(=O)[C@@H](C)CCCC=CC[C@H](O)/C=C/c1csc(C)n1. The monoisotopic (exact) mass is 321 g/mol. The number of carbonyl (C=O) groups is 1. The summed E-state index contributed by atoms with van der Waals surface area (Å²) in [6, 6.07) is 0. The largest absolute Gasteiger partial charge is 0.389 e. The van der Waals surface area contributed by atoms with Crippen LogP contribution in [0.3, 0.4) is 0 Å². The number of carbonyl (C=O) groups excluding carboxylic acids is 1. The zero-order chi connectivity index (χ0) is 16.4. The molecule has 0 amide bonds. The maximum atomic E-state index is 11.4. The minimum Gasteiger partial charge on any atom is -0.389 e. The number of ketones is 1. The van der Waals surface area contributed by atoms with E-state index in [1.807, 2.05) is 38.3 Å². The Balaban J connectivity index is 2.17. The minimum atomic E-state index is -0.473. The second kappa shape index (κ2) is 10.5. The van der Waals surface area contributed by atoms with E-state index in [1.54, 1.807) is 17.4 Å². The van der Waals surface area contributed by atoms with Crippen LogP contribution in [-0.2, 0) is 4.79 Å². The van der Waals surface area contributed by atoms with E-state index < -0.39 is 6.10 Å². The Morgan fingerprint density at radius 2 is 2.23 bits per heavy atom. The van der Waals surface area contributed by atoms with Crippen LogP contribution in [0.15, 0.2) is 23.6 Å². The molecule has 1 heterocycles. The number of hydrogen-bond acceptors (Lipinski definition) is 4. The highest BCUT2D eigenvalue weighted by molar-refractivity contribution is 7.09. The summed E-state index contributed by atoms with van der Waals surface area (Å²) in [4.78, 5) is 15.8. The van der Waals surface area contributed by atoms with Crippen LogP contribution in [-0.4, -0.2) is 22.0 Å². The van der Waals surface area contributed by atoms with Crippen molar-refractivity contribution in [2.75, 3.05) is 0 Å². The zero-order valence-corrected chi connectivity index (χ0v) is 14.6. The molecule has 0 unspecified atom stereocenters. The number of thiazole rings is 1. The van der Waals surface area contributed by atoms with Gasteiger partial charge in [-0.05, 0) is 38.7 Å². The van der Waals surface area contributed by atoms with Crippen LogP contribution in [0.2, 0.25) is 0 Å². The molecule has 1 aromatic rings. The first kappa shape index (κ1) is 18.8. The Bertz CT molecular complexity index is 505. The first-order chi connectivity index (χ1) is 10.5. The second-order valence-corrected chi connectivity index (χ2v) is 6.64. The van der Waals surface area contributed by atoms with Crippen molar-refractivity contribution in [3.63, 3.8) is 0 Å². The Morgan fingerprint density at radius 1 is 1.45 bits per heavy atom. The summed E-state index contributed by atoms with van der Waals surface area (Å²) in [6.07, 6.45) is 11.4. The lowest BCUT2D eigenvalue weighted by atomic mass is 9.98. The molecule has 1 rings (SSSR count). The number of aliphatic hydroxyl groups excluding tert-OH is 1. The summed E-state index contributed by atoms with van der Waals surface area (Å²) in [6.45, 7) is 5.89. The molecule has 0 aliphatic rings. The average molecular weight is 321 g/mol. The van der Waals surface area contributed by atoms with Gasteiger partial charge in [-0.3, -0.25) is 4.79 Å². The molecule has 22 heavy (non-hydrogen) atoms. The van der Waals surface area contributed by atoms with E-state index >= 15 is 0 Å². The number of aliphatic hydroxyl groups is 1. The van der Waals surface area contributed by atoms with Gasteiger partial charge in [0.25, 0.3) is 0 Å². The highest BCUT2D eigenvalue weighted by Crippen LogP contribution is 2.12. The fraction of sp³-hybridized carbons (Fsp3) is 0.556. The van der Waals surface area contributed by atoms with Gasteiger partial charge in [0.1, 0.15) is 5.78 Å². The maximum absolute atomic E-state index is 11.4. The second-order valence-electron chi connectivity index (χ2n) is 5.58. The first-order valence-corrected chi connectivity index (χ1v) is 8.87. The highest BCUT2D eigenvalue weighted by Gasteiger charge is 2.08. The van der Waals surface area contributed by atoms with Crippen molar-refractivity contribution in [3.8, 4) is 0 Å². The summed E-state index contributed by atoms with van der Waals surface area (Å²) >= 11 is 1.61. The van der Waals surface area contributed by atoms with Crippen LogP contribution >= 0.6 is 11.3 Å². The van der Waals surface area contributed by atoms with Crippen molar-refractivity contribution in [2.24, 2.45) is 5.92 Å². The number of Topliss-reactive ketones (excluding diaryl/α,β-unsaturated/α-hetero) is 1. The van der Waals surface area contributed by atoms with Crippen LogP contribution in [0.4, 0.5) is 0 Å². The minimum absolute atomic E-state index is 0.175. The van der Waals surface area contributed by atoms with Crippen molar-refractivity contribution < 1.29 is 9.90 Å². The van der Waals surface area contributed by atoms with Gasteiger partial charge in [-0.15, -0.1) is 11.3 Å². The number of allylic oxidation sites excluding steroid dienone is 1. The fourth-order valence-electron chi connectivity index (χ4n) is 2.15. The third-order valence-electron chi connectivity index (χ3n) is 3.58. The molecule has 0 radical (unpaired) electrons. The van der Waals surface area contributed by atoms with Crippen molar-refractivity contribution in [3.05, 3.63) is 34.3 Å². The van der Waals surface area contributed by atoms with Gasteiger partial charge in [-0.2, -0.15) is 0 Å². The molecule has 0 aromatic carbocycles. The van der Waals surface area contributed by atoms with Crippen LogP contribution in [0.1, 0.15) is 56.7 Å². The summed E-state index contributed by atoms with van der Waals surface area (Å²) in [5.74, 6) is 0.523. The number of hydrogen-bond donors (Lipinski definition) is 1. The topological polar surface area (TPSA) is 50.2 Å². The van der Waals surface area contributed by atoms with E-state index in [4.69, 9.17) is 0 Å². The lowest BCUT2D eigenvalue weighted by Crippen LogP contribution is -2.08. The van der Waals surface area contributed by atoms with Gasteiger partial charge in [0.05, 0.1) is 16.8 Å². The Hall–Kier alpha value is -1.26. The number of unbranched alkanes of at least 4 members (excludes halogenated alkanes) is 1. The smallest absolute Gasteiger partial charge is 0.135 e. The molecule has 3 nitrogen and oxygen atoms in total. The average Bonchev–Trinajstić information content (AvgIpc) is 2.93. The molecule has 1 aromatic heterocycles. The zero-order valence-electron chi connectivity index (χ0n) is 13.8. The molecule has 0 bridgehead atoms. The van der Waals surface area contributed by atoms with Gasteiger partial charge in [-0.1, -0.05) is 32.1 Å². The standard InChI is InChI=1S/C18H27NO2S/c1-4-18(21)14(2)9-7-5-6-8-10-17(20)12-11-16-13-22-15(3)19-16/h6,8,11-14,17,20H,4-5,7,9-10H2,1-3H3/b8-6?,12-11+/t14-,17-/m0/s1. The molecule has 1 N–H and O–H groups in total. The van der Waals surface area contributed by atoms with Crippen LogP contribution in [0.5, 0.6) is 0 Å². The quantitative estimate of drug-likeness (QED) is 0.508. The molecule has 122 valence electrons. The number of aromatic nitrogens is 1. The van der Waals surface area contributed by atoms with E-state index in [-0.39, 0.29) is 5.92 Å².